The number of fused-ring (bicyclic) bond motifs is 1. The summed E-state index contributed by atoms with van der Waals surface area (Å²) in [5, 5.41) is 0. The van der Waals surface area contributed by atoms with Crippen LogP contribution < -0.4 is 14.7 Å². The number of nitrogens with zero attached hydrogens (tertiary/aromatic N) is 2. The predicted octanol–water partition coefficient (Wildman–Crippen LogP) is 1.86. The number of carbonyl (C=O) groups excluding carboxylic acids is 1. The van der Waals surface area contributed by atoms with E-state index in [2.05, 4.69) is 46.3 Å². The molecule has 5 rings (SSSR count). The highest BCUT2D eigenvalue weighted by molar-refractivity contribution is 9.10. The van der Waals surface area contributed by atoms with Gasteiger partial charge in [0.15, 0.2) is 6.67 Å². The molecule has 1 saturated heterocycles. The number of para-hydroxylation sites is 1. The van der Waals surface area contributed by atoms with E-state index in [1.165, 1.54) is 10.5 Å². The normalized spacial score (nSPS) is 21.7. The van der Waals surface area contributed by atoms with Gasteiger partial charge in [0.1, 0.15) is 38.4 Å². The molecule has 6 heteroatoms. The summed E-state index contributed by atoms with van der Waals surface area (Å²) in [6.45, 7) is 6.12. The minimum Gasteiger partial charge on any atom is -0.322 e. The number of aliphatic imine (C=N–C) groups is 1. The maximum absolute atomic E-state index is 13.4. The third-order valence-corrected chi connectivity index (χ3v) is 6.84. The summed E-state index contributed by atoms with van der Waals surface area (Å²) >= 11 is 3.46. The lowest BCUT2D eigenvalue weighted by atomic mass is 10.1. The Hall–Kier alpha value is -2.80. The Balaban J connectivity index is 1.28. The van der Waals surface area contributed by atoms with Crippen molar-refractivity contribution in [2.75, 3.05) is 37.7 Å². The Kier molecular flexibility index (Phi) is 6.17. The summed E-state index contributed by atoms with van der Waals surface area (Å²) in [5.74, 6) is 0.000630. The number of piperazine rings is 1. The number of nitrogens with one attached hydrogen (secondary N) is 2. The van der Waals surface area contributed by atoms with Crippen molar-refractivity contribution in [1.82, 2.24) is 0 Å². The van der Waals surface area contributed by atoms with Crippen LogP contribution in [0.15, 0.2) is 88.3 Å². The standard InChI is InChI=1S/C26H25BrN4O/c27-21-10-12-22(13-11-21)28-25-23-8-4-5-9-24(23)31(26(25)32)19-30-16-14-29(15-17-30)18-20-6-2-1-3-7-20/h1-13H,14-19H2/p+2. The van der Waals surface area contributed by atoms with E-state index in [1.807, 2.05) is 53.4 Å². The number of carbonyl (C=O) groups is 1. The van der Waals surface area contributed by atoms with Crippen LogP contribution in [-0.2, 0) is 11.3 Å². The summed E-state index contributed by atoms with van der Waals surface area (Å²) in [6.07, 6.45) is 0. The molecule has 0 radical (unpaired) electrons. The zero-order valence-electron chi connectivity index (χ0n) is 17.9. The van der Waals surface area contributed by atoms with Gasteiger partial charge in [-0.2, -0.15) is 0 Å². The van der Waals surface area contributed by atoms with Crippen molar-refractivity contribution in [2.45, 2.75) is 6.54 Å². The number of hydrogen-bond donors (Lipinski definition) is 2. The van der Waals surface area contributed by atoms with Gasteiger partial charge < -0.3 is 9.80 Å². The fourth-order valence-corrected chi connectivity index (χ4v) is 4.84. The molecular weight excluding hydrogens is 464 g/mol. The Labute approximate surface area is 197 Å². The molecule has 2 N–H and O–H groups in total. The number of benzene rings is 3. The molecule has 0 aliphatic carbocycles. The summed E-state index contributed by atoms with van der Waals surface area (Å²) in [7, 11) is 0. The van der Waals surface area contributed by atoms with Crippen molar-refractivity contribution in [3.8, 4) is 0 Å². The van der Waals surface area contributed by atoms with Gasteiger partial charge in [-0.15, -0.1) is 0 Å². The van der Waals surface area contributed by atoms with E-state index in [0.717, 1.165) is 54.1 Å². The van der Waals surface area contributed by atoms with Crippen LogP contribution in [0, 0.1) is 0 Å². The summed E-state index contributed by atoms with van der Waals surface area (Å²) in [6, 6.07) is 26.5. The monoisotopic (exact) mass is 490 g/mol. The zero-order valence-corrected chi connectivity index (χ0v) is 19.5. The van der Waals surface area contributed by atoms with Crippen LogP contribution in [0.1, 0.15) is 11.1 Å². The van der Waals surface area contributed by atoms with Crippen LogP contribution in [0.5, 0.6) is 0 Å². The highest BCUT2D eigenvalue weighted by Gasteiger charge is 2.37. The molecule has 0 bridgehead atoms. The topological polar surface area (TPSA) is 41.5 Å². The fourth-order valence-electron chi connectivity index (χ4n) is 4.57. The lowest BCUT2D eigenvalue weighted by Crippen LogP contribution is -3.28. The first kappa shape index (κ1) is 21.1. The van der Waals surface area contributed by atoms with E-state index < -0.39 is 0 Å². The summed E-state index contributed by atoms with van der Waals surface area (Å²) < 4.78 is 0.998. The number of amides is 1. The highest BCUT2D eigenvalue weighted by atomic mass is 79.9. The molecule has 0 unspecified atom stereocenters. The second-order valence-electron chi connectivity index (χ2n) is 8.51. The largest absolute Gasteiger partial charge is 0.322 e. The van der Waals surface area contributed by atoms with Crippen LogP contribution in [-0.4, -0.2) is 44.5 Å². The molecule has 3 aromatic rings. The average Bonchev–Trinajstić information content (AvgIpc) is 3.08. The molecule has 0 saturated carbocycles. The lowest BCUT2D eigenvalue weighted by molar-refractivity contribution is -1.02. The molecule has 2 aliphatic rings. The predicted molar refractivity (Wildman–Crippen MR) is 131 cm³/mol. The van der Waals surface area contributed by atoms with Crippen molar-refractivity contribution in [2.24, 2.45) is 4.99 Å². The summed E-state index contributed by atoms with van der Waals surface area (Å²) in [5.41, 5.74) is 4.62. The van der Waals surface area contributed by atoms with Gasteiger partial charge >= 0.3 is 0 Å². The van der Waals surface area contributed by atoms with Gasteiger partial charge in [-0.05, 0) is 30.3 Å². The van der Waals surface area contributed by atoms with Crippen LogP contribution in [0.4, 0.5) is 11.4 Å². The Morgan fingerprint density at radius 3 is 2.22 bits per heavy atom. The highest BCUT2D eigenvalue weighted by Crippen LogP contribution is 2.30. The molecular formula is C26H27BrN4O+2. The van der Waals surface area contributed by atoms with Gasteiger partial charge in [0, 0.05) is 15.6 Å². The third kappa shape index (κ3) is 4.53. The molecule has 3 aromatic carbocycles. The molecule has 2 heterocycles. The van der Waals surface area contributed by atoms with Crippen LogP contribution in [0.25, 0.3) is 0 Å². The first-order chi connectivity index (χ1) is 15.7. The summed E-state index contributed by atoms with van der Waals surface area (Å²) in [4.78, 5) is 23.1. The second-order valence-corrected chi connectivity index (χ2v) is 9.42. The van der Waals surface area contributed by atoms with E-state index in [9.17, 15) is 4.79 Å². The number of rotatable bonds is 5. The fraction of sp³-hybridized carbons (Fsp3) is 0.231. The molecule has 1 amide bonds. The van der Waals surface area contributed by atoms with E-state index in [4.69, 9.17) is 4.99 Å². The van der Waals surface area contributed by atoms with Gasteiger partial charge in [-0.1, -0.05) is 64.5 Å². The quantitative estimate of drug-likeness (QED) is 0.563. The van der Waals surface area contributed by atoms with E-state index in [0.29, 0.717) is 12.4 Å². The molecule has 0 spiro atoms. The molecule has 2 aliphatic heterocycles. The Bertz CT molecular complexity index is 1120. The Morgan fingerprint density at radius 1 is 0.812 bits per heavy atom. The minimum absolute atomic E-state index is 0.000630. The number of anilines is 1. The molecule has 162 valence electrons. The third-order valence-electron chi connectivity index (χ3n) is 6.31. The van der Waals surface area contributed by atoms with Gasteiger partial charge in [0.2, 0.25) is 0 Å². The number of quaternary nitrogens is 2. The first-order valence-electron chi connectivity index (χ1n) is 11.1. The molecule has 0 aromatic heterocycles. The molecule has 5 nitrogen and oxygen atoms in total. The van der Waals surface area contributed by atoms with E-state index in [1.54, 1.807) is 4.90 Å². The van der Waals surface area contributed by atoms with Crippen molar-refractivity contribution in [3.63, 3.8) is 0 Å². The average molecular weight is 491 g/mol. The maximum atomic E-state index is 13.4. The minimum atomic E-state index is 0.000630. The van der Waals surface area contributed by atoms with Crippen LogP contribution >= 0.6 is 15.9 Å². The molecule has 0 atom stereocenters. The zero-order chi connectivity index (χ0) is 21.9. The Morgan fingerprint density at radius 2 is 1.47 bits per heavy atom. The van der Waals surface area contributed by atoms with E-state index in [-0.39, 0.29) is 5.91 Å². The molecule has 32 heavy (non-hydrogen) atoms. The lowest BCUT2D eigenvalue weighted by Gasteiger charge is -2.32. The van der Waals surface area contributed by atoms with Crippen LogP contribution in [0.2, 0.25) is 0 Å². The molecule has 1 fully saturated rings. The van der Waals surface area contributed by atoms with Gasteiger partial charge in [0.25, 0.3) is 5.91 Å². The van der Waals surface area contributed by atoms with E-state index >= 15 is 0 Å². The van der Waals surface area contributed by atoms with Crippen LogP contribution in [0.3, 0.4) is 0 Å². The number of halogens is 1. The maximum Gasteiger partial charge on any atom is 0.281 e. The van der Waals surface area contributed by atoms with Crippen molar-refractivity contribution >= 4 is 38.9 Å². The van der Waals surface area contributed by atoms with Crippen molar-refractivity contribution in [1.29, 1.82) is 0 Å². The SMILES string of the molecule is O=C1C(=Nc2ccc(Br)cc2)c2ccccc2N1C[NH+]1CC[NH+](Cc2ccccc2)CC1. The number of hydrogen-bond acceptors (Lipinski definition) is 2. The first-order valence-corrected chi connectivity index (χ1v) is 11.9. The van der Waals surface area contributed by atoms with Crippen molar-refractivity contribution in [3.05, 3.63) is 94.5 Å². The van der Waals surface area contributed by atoms with Gasteiger partial charge in [-0.25, -0.2) is 4.99 Å². The van der Waals surface area contributed by atoms with Gasteiger partial charge in [-0.3, -0.25) is 9.69 Å². The van der Waals surface area contributed by atoms with Crippen molar-refractivity contribution < 1.29 is 14.6 Å². The smallest absolute Gasteiger partial charge is 0.281 e. The second kappa shape index (κ2) is 9.36. The van der Waals surface area contributed by atoms with Gasteiger partial charge in [0.05, 0.1) is 11.4 Å².